The van der Waals surface area contributed by atoms with Crippen LogP contribution in [0.5, 0.6) is 0 Å². The fourth-order valence-electron chi connectivity index (χ4n) is 13.6. The lowest BCUT2D eigenvalue weighted by molar-refractivity contribution is 0.838. The lowest BCUT2D eigenvalue weighted by Gasteiger charge is -2.45. The van der Waals surface area contributed by atoms with Crippen LogP contribution in [0.1, 0.15) is 152 Å². The average Bonchev–Trinajstić information content (AvgIpc) is 2.22. The van der Waals surface area contributed by atoms with Crippen molar-refractivity contribution < 1.29 is 0 Å². The van der Waals surface area contributed by atoms with Crippen molar-refractivity contribution in [3.05, 3.63) is 246 Å². The molecule has 0 aliphatic carbocycles. The van der Waals surface area contributed by atoms with E-state index in [0.29, 0.717) is 35.5 Å². The Hall–Kier alpha value is -8.14. The smallest absolute Gasteiger partial charge is 0.252 e. The Morgan fingerprint density at radius 2 is 0.617 bits per heavy atom. The minimum atomic E-state index is -0.0879. The Kier molecular flexibility index (Phi) is 14.4. The Morgan fingerprint density at radius 3 is 1.10 bits per heavy atom. The summed E-state index contributed by atoms with van der Waals surface area (Å²) in [5.41, 5.74) is 32.0. The molecule has 0 spiro atoms. The van der Waals surface area contributed by atoms with Gasteiger partial charge in [0.2, 0.25) is 0 Å². The van der Waals surface area contributed by atoms with Gasteiger partial charge in [0.15, 0.2) is 0 Å². The molecule has 0 saturated carbocycles. The van der Waals surface area contributed by atoms with Crippen molar-refractivity contribution in [1.29, 1.82) is 0 Å². The highest BCUT2D eigenvalue weighted by Gasteiger charge is 2.44. The average molecular weight is 1050 g/mol. The molecule has 0 radical (unpaired) electrons. The van der Waals surface area contributed by atoms with Crippen LogP contribution in [0.2, 0.25) is 0 Å². The van der Waals surface area contributed by atoms with E-state index in [1.165, 1.54) is 128 Å². The van der Waals surface area contributed by atoms with Gasteiger partial charge in [-0.3, -0.25) is 0 Å². The van der Waals surface area contributed by atoms with E-state index < -0.39 is 0 Å². The minimum Gasteiger partial charge on any atom is -0.311 e. The molecular weight excluding hydrogens is 976 g/mol. The summed E-state index contributed by atoms with van der Waals surface area (Å²) in [7, 11) is 0. The molecule has 3 heteroatoms. The third kappa shape index (κ3) is 9.53. The third-order valence-electron chi connectivity index (χ3n) is 17.5. The largest absolute Gasteiger partial charge is 0.311 e. The first-order valence-electron chi connectivity index (χ1n) is 29.9. The molecule has 0 saturated heterocycles. The topological polar surface area (TPSA) is 6.48 Å². The molecule has 0 atom stereocenters. The summed E-state index contributed by atoms with van der Waals surface area (Å²) in [6, 6.07) is 81.6. The molecule has 2 nitrogen and oxygen atoms in total. The summed E-state index contributed by atoms with van der Waals surface area (Å²) in [4.78, 5) is 5.28. The fraction of sp³-hybridized carbons (Fsp3) is 0.231. The molecule has 0 bridgehead atoms. The zero-order valence-corrected chi connectivity index (χ0v) is 49.6. The van der Waals surface area contributed by atoms with Crippen LogP contribution in [0.4, 0.5) is 34.1 Å². The van der Waals surface area contributed by atoms with Gasteiger partial charge in [-0.2, -0.15) is 0 Å². The Morgan fingerprint density at radius 1 is 0.247 bits per heavy atom. The molecule has 81 heavy (non-hydrogen) atoms. The van der Waals surface area contributed by atoms with E-state index in [2.05, 4.69) is 305 Å². The lowest BCUT2D eigenvalue weighted by atomic mass is 9.33. The maximum Gasteiger partial charge on any atom is 0.252 e. The van der Waals surface area contributed by atoms with E-state index in [-0.39, 0.29) is 6.71 Å². The zero-order valence-electron chi connectivity index (χ0n) is 49.6. The van der Waals surface area contributed by atoms with Crippen LogP contribution in [0.15, 0.2) is 212 Å². The molecular formula is C78H77BN2. The first kappa shape index (κ1) is 53.5. The lowest BCUT2D eigenvalue weighted by Crippen LogP contribution is -2.61. The highest BCUT2D eigenvalue weighted by Crippen LogP contribution is 2.50. The van der Waals surface area contributed by atoms with E-state index in [0.717, 1.165) is 11.4 Å². The number of nitrogens with zero attached hydrogens (tertiary/aromatic N) is 2. The quantitative estimate of drug-likeness (QED) is 0.106. The summed E-state index contributed by atoms with van der Waals surface area (Å²) in [5, 5.41) is 0. The van der Waals surface area contributed by atoms with Crippen molar-refractivity contribution in [2.75, 3.05) is 9.80 Å². The van der Waals surface area contributed by atoms with Gasteiger partial charge < -0.3 is 9.80 Å². The molecule has 0 unspecified atom stereocenters. The van der Waals surface area contributed by atoms with E-state index in [1.54, 1.807) is 0 Å². The van der Waals surface area contributed by atoms with Gasteiger partial charge in [-0.1, -0.05) is 247 Å². The molecule has 402 valence electrons. The first-order chi connectivity index (χ1) is 39.2. The minimum absolute atomic E-state index is 0.0879. The number of benzene rings is 10. The van der Waals surface area contributed by atoms with Crippen LogP contribution in [-0.2, 0) is 0 Å². The molecule has 0 aromatic heterocycles. The second-order valence-corrected chi connectivity index (χ2v) is 24.8. The normalized spacial score (nSPS) is 12.8. The van der Waals surface area contributed by atoms with Crippen LogP contribution in [0.25, 0.3) is 55.6 Å². The highest BCUT2D eigenvalue weighted by atomic mass is 15.2. The Balaban J connectivity index is 1.23. The van der Waals surface area contributed by atoms with Crippen molar-refractivity contribution >= 4 is 57.2 Å². The van der Waals surface area contributed by atoms with Crippen LogP contribution in [0, 0.1) is 0 Å². The maximum absolute atomic E-state index is 2.68. The molecule has 2 aliphatic rings. The number of rotatable bonds is 13. The molecule has 2 heterocycles. The van der Waals surface area contributed by atoms with Crippen molar-refractivity contribution in [1.82, 2.24) is 0 Å². The number of fused-ring (bicyclic) bond motifs is 4. The Bertz CT molecular complexity index is 3880. The van der Waals surface area contributed by atoms with Gasteiger partial charge in [0.05, 0.1) is 0 Å². The fourth-order valence-corrected chi connectivity index (χ4v) is 13.6. The first-order valence-corrected chi connectivity index (χ1v) is 29.9. The van der Waals surface area contributed by atoms with Gasteiger partial charge in [0.25, 0.3) is 6.71 Å². The SMILES string of the molecule is CC(C)c1cccc(C(C)C)c1-c1cccc(N2c3cc(-c4c(C(C)C)cccc4C(C)C)ccc3B3c4cc(-c5ccccc5)ccc4N(c4ccc(-c5ccccc5)cc4)c4cc(-c5c(C(C)C)cccc5C(C)C)cc2c43)c1. The second kappa shape index (κ2) is 21.7. The summed E-state index contributed by atoms with van der Waals surface area (Å²) in [6.07, 6.45) is 0. The van der Waals surface area contributed by atoms with Gasteiger partial charge in [-0.15, -0.1) is 0 Å². The molecule has 10 aromatic carbocycles. The van der Waals surface area contributed by atoms with Crippen LogP contribution < -0.4 is 26.2 Å². The molecule has 0 fully saturated rings. The standard InChI is InChI=1S/C78H77BN2/c1-48(2)63-29-20-30-64(49(3)4)75(63)58-27-19-28-62(43-58)81-72-45-59(76-65(50(5)6)31-21-32-66(76)51(7)8)37-41-69(72)79-70-44-57(55-25-17-14-18-26-55)38-42-71(70)80(61-39-35-56(36-40-61)54-23-15-13-16-24-54)73-46-60(47-74(81)78(73)79)77-67(52(9)10)33-22-34-68(77)53(11)12/h13-53H,1-12H3. The molecule has 0 amide bonds. The third-order valence-corrected chi connectivity index (χ3v) is 17.5. The van der Waals surface area contributed by atoms with Gasteiger partial charge in [-0.05, 0) is 189 Å². The van der Waals surface area contributed by atoms with Crippen LogP contribution in [0.3, 0.4) is 0 Å². The number of hydrogen-bond acceptors (Lipinski definition) is 2. The molecule has 10 aromatic rings. The predicted octanol–water partition coefficient (Wildman–Crippen LogP) is 20.8. The van der Waals surface area contributed by atoms with Crippen molar-refractivity contribution in [3.8, 4) is 55.6 Å². The second-order valence-electron chi connectivity index (χ2n) is 24.8. The van der Waals surface area contributed by atoms with Gasteiger partial charge >= 0.3 is 0 Å². The molecule has 2 aliphatic heterocycles. The monoisotopic (exact) mass is 1050 g/mol. The van der Waals surface area contributed by atoms with E-state index in [4.69, 9.17) is 0 Å². The van der Waals surface area contributed by atoms with Gasteiger partial charge in [-0.25, -0.2) is 0 Å². The Labute approximate surface area is 484 Å². The summed E-state index contributed by atoms with van der Waals surface area (Å²) in [6.45, 7) is 28.1. The van der Waals surface area contributed by atoms with Gasteiger partial charge in [0.1, 0.15) is 0 Å². The zero-order chi connectivity index (χ0) is 56.4. The summed E-state index contributed by atoms with van der Waals surface area (Å²) >= 11 is 0. The molecule has 0 N–H and O–H groups in total. The van der Waals surface area contributed by atoms with E-state index in [9.17, 15) is 0 Å². The summed E-state index contributed by atoms with van der Waals surface area (Å²) < 4.78 is 0. The number of hydrogen-bond donors (Lipinski definition) is 0. The van der Waals surface area contributed by atoms with Crippen molar-refractivity contribution in [2.45, 2.75) is 119 Å². The van der Waals surface area contributed by atoms with E-state index in [1.807, 2.05) is 0 Å². The number of anilines is 6. The van der Waals surface area contributed by atoms with Crippen LogP contribution in [-0.4, -0.2) is 6.71 Å². The van der Waals surface area contributed by atoms with Gasteiger partial charge in [0, 0.05) is 34.1 Å². The van der Waals surface area contributed by atoms with Crippen molar-refractivity contribution in [2.24, 2.45) is 0 Å². The van der Waals surface area contributed by atoms with Crippen LogP contribution >= 0.6 is 0 Å². The maximum atomic E-state index is 2.68. The predicted molar refractivity (Wildman–Crippen MR) is 352 cm³/mol. The van der Waals surface area contributed by atoms with Crippen molar-refractivity contribution in [3.63, 3.8) is 0 Å². The molecule has 12 rings (SSSR count). The highest BCUT2D eigenvalue weighted by molar-refractivity contribution is 7.00. The summed E-state index contributed by atoms with van der Waals surface area (Å²) in [5.74, 6) is 2.00. The van der Waals surface area contributed by atoms with E-state index >= 15 is 0 Å².